The van der Waals surface area contributed by atoms with Crippen LogP contribution in [0.15, 0.2) is 12.1 Å². The molecule has 0 bridgehead atoms. The van der Waals surface area contributed by atoms with Crippen molar-refractivity contribution in [3.05, 3.63) is 23.0 Å². The van der Waals surface area contributed by atoms with Gasteiger partial charge in [-0.25, -0.2) is 0 Å². The molecule has 0 aliphatic carbocycles. The predicted octanol–water partition coefficient (Wildman–Crippen LogP) is 2.13. The van der Waals surface area contributed by atoms with Crippen LogP contribution < -0.4 is 10.2 Å². The molecule has 4 rings (SSSR count). The lowest BCUT2D eigenvalue weighted by atomic mass is 9.96. The highest BCUT2D eigenvalue weighted by Gasteiger charge is 2.29. The molecule has 25 heavy (non-hydrogen) atoms. The highest BCUT2D eigenvalue weighted by molar-refractivity contribution is 7.15. The second-order valence-corrected chi connectivity index (χ2v) is 8.69. The zero-order valence-corrected chi connectivity index (χ0v) is 15.7. The van der Waals surface area contributed by atoms with Crippen molar-refractivity contribution >= 4 is 27.9 Å². The summed E-state index contributed by atoms with van der Waals surface area (Å²) in [6.45, 7) is 11.2. The minimum absolute atomic E-state index is 0.0910. The quantitative estimate of drug-likeness (QED) is 0.765. The molecule has 0 spiro atoms. The van der Waals surface area contributed by atoms with Gasteiger partial charge in [-0.05, 0) is 19.1 Å². The molecule has 0 atom stereocenters. The van der Waals surface area contributed by atoms with Crippen LogP contribution in [0.3, 0.4) is 0 Å². The molecule has 1 aliphatic heterocycles. The van der Waals surface area contributed by atoms with Crippen LogP contribution in [0.1, 0.15) is 31.6 Å². The van der Waals surface area contributed by atoms with E-state index in [1.54, 1.807) is 11.3 Å². The summed E-state index contributed by atoms with van der Waals surface area (Å²) >= 11 is 1.59. The topological polar surface area (TPSA) is 84.1 Å². The Morgan fingerprint density at radius 3 is 2.64 bits per heavy atom. The van der Waals surface area contributed by atoms with Crippen LogP contribution in [-0.4, -0.2) is 49.6 Å². The summed E-state index contributed by atoms with van der Waals surface area (Å²) in [7, 11) is 0. The standard InChI is InChI=1S/C16H22N8S/c1-10-18-21-15(25-10)17-7-11-8-23(9-11)13-6-5-12-19-20-14(16(2,3)4)24(12)22-13/h5-6,11H,7-9H2,1-4H3,(H,17,21). The summed E-state index contributed by atoms with van der Waals surface area (Å²) in [4.78, 5) is 2.28. The van der Waals surface area contributed by atoms with Gasteiger partial charge in [-0.1, -0.05) is 32.1 Å². The third-order valence-electron chi connectivity index (χ3n) is 4.27. The molecular formula is C16H22N8S. The molecule has 4 heterocycles. The normalized spacial score (nSPS) is 15.6. The van der Waals surface area contributed by atoms with E-state index in [0.717, 1.165) is 47.1 Å². The van der Waals surface area contributed by atoms with Crippen LogP contribution >= 0.6 is 11.3 Å². The van der Waals surface area contributed by atoms with Crippen molar-refractivity contribution in [3.63, 3.8) is 0 Å². The summed E-state index contributed by atoms with van der Waals surface area (Å²) in [5.41, 5.74) is 0.700. The molecule has 9 heteroatoms. The Hall–Kier alpha value is -2.29. The van der Waals surface area contributed by atoms with E-state index in [9.17, 15) is 0 Å². The van der Waals surface area contributed by atoms with E-state index < -0.39 is 0 Å². The maximum Gasteiger partial charge on any atom is 0.205 e. The van der Waals surface area contributed by atoms with Gasteiger partial charge in [-0.15, -0.1) is 25.5 Å². The van der Waals surface area contributed by atoms with Gasteiger partial charge >= 0.3 is 0 Å². The number of nitrogens with zero attached hydrogens (tertiary/aromatic N) is 7. The smallest absolute Gasteiger partial charge is 0.205 e. The maximum absolute atomic E-state index is 4.76. The van der Waals surface area contributed by atoms with Crippen molar-refractivity contribution in [2.75, 3.05) is 29.9 Å². The third kappa shape index (κ3) is 3.15. The number of hydrogen-bond donors (Lipinski definition) is 1. The molecule has 1 fully saturated rings. The van der Waals surface area contributed by atoms with E-state index in [1.165, 1.54) is 0 Å². The SMILES string of the molecule is Cc1nnc(NCC2CN(c3ccc4nnc(C(C)(C)C)n4n3)C2)s1. The molecule has 1 N–H and O–H groups in total. The molecule has 1 saturated heterocycles. The monoisotopic (exact) mass is 358 g/mol. The van der Waals surface area contributed by atoms with E-state index in [0.29, 0.717) is 5.92 Å². The van der Waals surface area contributed by atoms with Gasteiger partial charge in [-0.2, -0.15) is 4.52 Å². The van der Waals surface area contributed by atoms with Gasteiger partial charge in [0.05, 0.1) is 0 Å². The van der Waals surface area contributed by atoms with Gasteiger partial charge < -0.3 is 10.2 Å². The molecule has 0 aromatic carbocycles. The van der Waals surface area contributed by atoms with Crippen LogP contribution in [0.2, 0.25) is 0 Å². The predicted molar refractivity (Wildman–Crippen MR) is 98.3 cm³/mol. The lowest BCUT2D eigenvalue weighted by molar-refractivity contribution is 0.424. The molecule has 3 aromatic rings. The number of aromatic nitrogens is 6. The van der Waals surface area contributed by atoms with E-state index in [1.807, 2.05) is 23.6 Å². The Morgan fingerprint density at radius 2 is 1.96 bits per heavy atom. The average Bonchev–Trinajstić information content (AvgIpc) is 3.10. The molecule has 132 valence electrons. The summed E-state index contributed by atoms with van der Waals surface area (Å²) in [5.74, 6) is 2.44. The van der Waals surface area contributed by atoms with E-state index in [4.69, 9.17) is 5.10 Å². The van der Waals surface area contributed by atoms with Crippen LogP contribution in [-0.2, 0) is 5.41 Å². The molecule has 1 aliphatic rings. The van der Waals surface area contributed by atoms with Crippen LogP contribution in [0.5, 0.6) is 0 Å². The Bertz CT molecular complexity index is 887. The molecule has 0 unspecified atom stereocenters. The summed E-state index contributed by atoms with van der Waals surface area (Å²) in [5, 5.41) is 26.6. The van der Waals surface area contributed by atoms with Gasteiger partial charge in [0, 0.05) is 31.0 Å². The van der Waals surface area contributed by atoms with Crippen LogP contribution in [0.4, 0.5) is 10.9 Å². The summed E-state index contributed by atoms with van der Waals surface area (Å²) in [6.07, 6.45) is 0. The Labute approximate surface area is 150 Å². The Kier molecular flexibility index (Phi) is 3.82. The number of aryl methyl sites for hydroxylation is 1. The van der Waals surface area contributed by atoms with Gasteiger partial charge in [0.25, 0.3) is 0 Å². The van der Waals surface area contributed by atoms with Crippen molar-refractivity contribution in [1.29, 1.82) is 0 Å². The van der Waals surface area contributed by atoms with Crippen molar-refractivity contribution in [2.24, 2.45) is 5.92 Å². The Morgan fingerprint density at radius 1 is 1.16 bits per heavy atom. The van der Waals surface area contributed by atoms with Crippen molar-refractivity contribution in [2.45, 2.75) is 33.1 Å². The number of hydrogen-bond acceptors (Lipinski definition) is 8. The van der Waals surface area contributed by atoms with Gasteiger partial charge in [-0.3, -0.25) is 0 Å². The van der Waals surface area contributed by atoms with E-state index in [-0.39, 0.29) is 5.41 Å². The highest BCUT2D eigenvalue weighted by Crippen LogP contribution is 2.26. The maximum atomic E-state index is 4.76. The van der Waals surface area contributed by atoms with Gasteiger partial charge in [0.2, 0.25) is 5.13 Å². The average molecular weight is 358 g/mol. The Balaban J connectivity index is 1.41. The van der Waals surface area contributed by atoms with Gasteiger partial charge in [0.15, 0.2) is 11.5 Å². The molecular weight excluding hydrogens is 336 g/mol. The first-order chi connectivity index (χ1) is 11.9. The molecule has 0 radical (unpaired) electrons. The number of rotatable bonds is 4. The van der Waals surface area contributed by atoms with Crippen molar-refractivity contribution < 1.29 is 0 Å². The van der Waals surface area contributed by atoms with Crippen LogP contribution in [0, 0.1) is 12.8 Å². The lowest BCUT2D eigenvalue weighted by Gasteiger charge is -2.40. The second-order valence-electron chi connectivity index (χ2n) is 7.51. The molecule has 0 saturated carbocycles. The lowest BCUT2D eigenvalue weighted by Crippen LogP contribution is -2.50. The zero-order valence-electron chi connectivity index (χ0n) is 14.9. The van der Waals surface area contributed by atoms with E-state index >= 15 is 0 Å². The van der Waals surface area contributed by atoms with Crippen molar-refractivity contribution in [3.8, 4) is 0 Å². The minimum atomic E-state index is -0.0910. The van der Waals surface area contributed by atoms with Gasteiger partial charge in [0.1, 0.15) is 10.8 Å². The number of nitrogens with one attached hydrogen (secondary N) is 1. The van der Waals surface area contributed by atoms with Crippen LogP contribution in [0.25, 0.3) is 5.65 Å². The molecule has 8 nitrogen and oxygen atoms in total. The van der Waals surface area contributed by atoms with Crippen molar-refractivity contribution in [1.82, 2.24) is 30.0 Å². The zero-order chi connectivity index (χ0) is 17.6. The fraction of sp³-hybridized carbons (Fsp3) is 0.562. The fourth-order valence-corrected chi connectivity index (χ4v) is 3.50. The molecule has 0 amide bonds. The molecule has 3 aromatic heterocycles. The first-order valence-corrected chi connectivity index (χ1v) is 9.24. The minimum Gasteiger partial charge on any atom is -0.360 e. The summed E-state index contributed by atoms with van der Waals surface area (Å²) < 4.78 is 1.87. The fourth-order valence-electron chi connectivity index (χ4n) is 2.90. The summed E-state index contributed by atoms with van der Waals surface area (Å²) in [6, 6.07) is 4.01. The van der Waals surface area contributed by atoms with E-state index in [2.05, 4.69) is 51.4 Å². The first-order valence-electron chi connectivity index (χ1n) is 8.42. The second kappa shape index (κ2) is 5.91. The number of fused-ring (bicyclic) bond motifs is 1. The first kappa shape index (κ1) is 16.2. The highest BCUT2D eigenvalue weighted by atomic mass is 32.1. The number of anilines is 2. The largest absolute Gasteiger partial charge is 0.360 e. The third-order valence-corrected chi connectivity index (χ3v) is 5.07.